The van der Waals surface area contributed by atoms with Crippen LogP contribution in [0.3, 0.4) is 0 Å². The van der Waals surface area contributed by atoms with Crippen LogP contribution < -0.4 is 0 Å². The summed E-state index contributed by atoms with van der Waals surface area (Å²) in [6.07, 6.45) is 7.60. The Kier molecular flexibility index (Phi) is 9.72. The van der Waals surface area contributed by atoms with Gasteiger partial charge in [0, 0.05) is 5.57 Å². The van der Waals surface area contributed by atoms with Gasteiger partial charge in [-0.1, -0.05) is 53.0 Å². The van der Waals surface area contributed by atoms with Gasteiger partial charge in [0.05, 0.1) is 6.61 Å². The van der Waals surface area contributed by atoms with Crippen molar-refractivity contribution in [1.29, 1.82) is 0 Å². The molecule has 0 radical (unpaired) electrons. The number of hydrogen-bond acceptors (Lipinski definition) is 2. The number of hydrogen-bond donors (Lipinski definition) is 0. The van der Waals surface area contributed by atoms with E-state index in [1.54, 1.807) is 0 Å². The van der Waals surface area contributed by atoms with Crippen molar-refractivity contribution in [2.45, 2.75) is 66.7 Å². The minimum atomic E-state index is -0.148. The lowest BCUT2D eigenvalue weighted by Crippen LogP contribution is -2.14. The van der Waals surface area contributed by atoms with Crippen LogP contribution >= 0.6 is 0 Å². The van der Waals surface area contributed by atoms with Gasteiger partial charge in [-0.2, -0.15) is 0 Å². The van der Waals surface area contributed by atoms with Gasteiger partial charge >= 0.3 is 5.97 Å². The Hall–Kier alpha value is -0.790. The summed E-state index contributed by atoms with van der Waals surface area (Å²) in [5.74, 6) is 0.957. The van der Waals surface area contributed by atoms with E-state index in [9.17, 15) is 4.79 Å². The van der Waals surface area contributed by atoms with Crippen LogP contribution in [0.25, 0.3) is 0 Å². The second-order valence-electron chi connectivity index (χ2n) is 5.53. The third-order valence-corrected chi connectivity index (χ3v) is 3.21. The average Bonchev–Trinajstić information content (AvgIpc) is 2.35. The molecular formula is C16H30O2. The molecular weight excluding hydrogens is 224 g/mol. The van der Waals surface area contributed by atoms with Crippen LogP contribution in [0, 0.1) is 11.8 Å². The first kappa shape index (κ1) is 17.2. The highest BCUT2D eigenvalue weighted by Crippen LogP contribution is 2.14. The van der Waals surface area contributed by atoms with Gasteiger partial charge in [0.2, 0.25) is 0 Å². The van der Waals surface area contributed by atoms with E-state index in [1.807, 2.05) is 13.0 Å². The van der Waals surface area contributed by atoms with E-state index in [0.717, 1.165) is 24.8 Å². The van der Waals surface area contributed by atoms with Crippen molar-refractivity contribution in [3.05, 3.63) is 11.6 Å². The first-order chi connectivity index (χ1) is 8.51. The Morgan fingerprint density at radius 2 is 1.94 bits per heavy atom. The first-order valence-electron chi connectivity index (χ1n) is 7.35. The second-order valence-corrected chi connectivity index (χ2v) is 5.53. The number of rotatable bonds is 9. The summed E-state index contributed by atoms with van der Waals surface area (Å²) >= 11 is 0. The maximum absolute atomic E-state index is 11.8. The molecule has 0 aliphatic heterocycles. The van der Waals surface area contributed by atoms with Crippen molar-refractivity contribution in [2.24, 2.45) is 11.8 Å². The SMILES string of the molecule is CCCCC(CC)COC(=O)C(C)=CCC(C)C. The standard InChI is InChI=1S/C16H30O2/c1-6-8-9-15(7-2)12-18-16(17)14(5)11-10-13(3)4/h11,13,15H,6-10,12H2,1-5H3. The van der Waals surface area contributed by atoms with Gasteiger partial charge in [-0.15, -0.1) is 0 Å². The molecule has 0 aliphatic carbocycles. The molecule has 0 aliphatic rings. The maximum atomic E-state index is 11.8. The molecule has 0 amide bonds. The molecule has 0 fully saturated rings. The fraction of sp³-hybridized carbons (Fsp3) is 0.812. The number of esters is 1. The van der Waals surface area contributed by atoms with E-state index < -0.39 is 0 Å². The zero-order chi connectivity index (χ0) is 14.0. The highest BCUT2D eigenvalue weighted by atomic mass is 16.5. The summed E-state index contributed by atoms with van der Waals surface area (Å²) in [6, 6.07) is 0. The van der Waals surface area contributed by atoms with Crippen LogP contribution in [-0.4, -0.2) is 12.6 Å². The Balaban J connectivity index is 4.03. The summed E-state index contributed by atoms with van der Waals surface area (Å²) in [4.78, 5) is 11.8. The zero-order valence-corrected chi connectivity index (χ0v) is 12.8. The smallest absolute Gasteiger partial charge is 0.333 e. The van der Waals surface area contributed by atoms with Gasteiger partial charge in [0.15, 0.2) is 0 Å². The molecule has 0 rings (SSSR count). The third-order valence-electron chi connectivity index (χ3n) is 3.21. The quantitative estimate of drug-likeness (QED) is 0.439. The molecule has 0 aromatic heterocycles. The Bertz CT molecular complexity index is 254. The first-order valence-corrected chi connectivity index (χ1v) is 7.35. The van der Waals surface area contributed by atoms with E-state index in [0.29, 0.717) is 18.4 Å². The van der Waals surface area contributed by atoms with Crippen LogP contribution in [0.2, 0.25) is 0 Å². The van der Waals surface area contributed by atoms with Gasteiger partial charge in [-0.3, -0.25) is 0 Å². The summed E-state index contributed by atoms with van der Waals surface area (Å²) in [5, 5.41) is 0. The Labute approximate surface area is 113 Å². The summed E-state index contributed by atoms with van der Waals surface area (Å²) in [7, 11) is 0. The van der Waals surface area contributed by atoms with Crippen molar-refractivity contribution in [2.75, 3.05) is 6.61 Å². The summed E-state index contributed by atoms with van der Waals surface area (Å²) < 4.78 is 5.38. The monoisotopic (exact) mass is 254 g/mol. The molecule has 2 heteroatoms. The molecule has 0 N–H and O–H groups in total. The predicted octanol–water partition coefficient (Wildman–Crippen LogP) is 4.74. The fourth-order valence-corrected chi connectivity index (χ4v) is 1.70. The van der Waals surface area contributed by atoms with Crippen LogP contribution in [-0.2, 0) is 9.53 Å². The van der Waals surface area contributed by atoms with Gasteiger partial charge in [-0.05, 0) is 31.6 Å². The fourth-order valence-electron chi connectivity index (χ4n) is 1.70. The topological polar surface area (TPSA) is 26.3 Å². The Morgan fingerprint density at radius 1 is 1.28 bits per heavy atom. The number of allylic oxidation sites excluding steroid dienone is 1. The average molecular weight is 254 g/mol. The van der Waals surface area contributed by atoms with Crippen LogP contribution in [0.1, 0.15) is 66.7 Å². The molecule has 0 saturated carbocycles. The molecule has 2 nitrogen and oxygen atoms in total. The minimum absolute atomic E-state index is 0.148. The van der Waals surface area contributed by atoms with Gasteiger partial charge in [0.1, 0.15) is 0 Å². The maximum Gasteiger partial charge on any atom is 0.333 e. The van der Waals surface area contributed by atoms with Crippen molar-refractivity contribution in [3.8, 4) is 0 Å². The van der Waals surface area contributed by atoms with E-state index in [-0.39, 0.29) is 5.97 Å². The van der Waals surface area contributed by atoms with E-state index in [1.165, 1.54) is 12.8 Å². The molecule has 106 valence electrons. The van der Waals surface area contributed by atoms with E-state index in [4.69, 9.17) is 4.74 Å². The summed E-state index contributed by atoms with van der Waals surface area (Å²) in [5.41, 5.74) is 0.744. The minimum Gasteiger partial charge on any atom is -0.462 e. The predicted molar refractivity (Wildman–Crippen MR) is 77.5 cm³/mol. The van der Waals surface area contributed by atoms with E-state index in [2.05, 4.69) is 27.7 Å². The van der Waals surface area contributed by atoms with Crippen LogP contribution in [0.4, 0.5) is 0 Å². The third kappa shape index (κ3) is 8.32. The number of unbranched alkanes of at least 4 members (excludes halogenated alkanes) is 1. The zero-order valence-electron chi connectivity index (χ0n) is 12.8. The normalized spacial score (nSPS) is 13.8. The van der Waals surface area contributed by atoms with Crippen molar-refractivity contribution in [3.63, 3.8) is 0 Å². The number of carbonyl (C=O) groups excluding carboxylic acids is 1. The lowest BCUT2D eigenvalue weighted by atomic mass is 10.0. The second kappa shape index (κ2) is 10.2. The van der Waals surface area contributed by atoms with Crippen LogP contribution in [0.5, 0.6) is 0 Å². The lowest BCUT2D eigenvalue weighted by molar-refractivity contribution is -0.140. The number of carbonyl (C=O) groups is 1. The largest absolute Gasteiger partial charge is 0.462 e. The molecule has 0 heterocycles. The van der Waals surface area contributed by atoms with Crippen LogP contribution in [0.15, 0.2) is 11.6 Å². The molecule has 0 aromatic rings. The van der Waals surface area contributed by atoms with Crippen molar-refractivity contribution >= 4 is 5.97 Å². The molecule has 0 bridgehead atoms. The molecule has 18 heavy (non-hydrogen) atoms. The number of ether oxygens (including phenoxy) is 1. The molecule has 1 atom stereocenters. The highest BCUT2D eigenvalue weighted by Gasteiger charge is 2.11. The molecule has 1 unspecified atom stereocenters. The summed E-state index contributed by atoms with van der Waals surface area (Å²) in [6.45, 7) is 11.1. The van der Waals surface area contributed by atoms with Gasteiger partial charge < -0.3 is 4.74 Å². The highest BCUT2D eigenvalue weighted by molar-refractivity contribution is 5.87. The van der Waals surface area contributed by atoms with E-state index >= 15 is 0 Å². The lowest BCUT2D eigenvalue weighted by Gasteiger charge is -2.14. The van der Waals surface area contributed by atoms with Crippen molar-refractivity contribution < 1.29 is 9.53 Å². The molecule has 0 spiro atoms. The van der Waals surface area contributed by atoms with Gasteiger partial charge in [0.25, 0.3) is 0 Å². The van der Waals surface area contributed by atoms with Crippen molar-refractivity contribution in [1.82, 2.24) is 0 Å². The Morgan fingerprint density at radius 3 is 2.44 bits per heavy atom. The van der Waals surface area contributed by atoms with Gasteiger partial charge in [-0.25, -0.2) is 4.79 Å². The molecule has 0 saturated heterocycles. The molecule has 0 aromatic carbocycles.